The number of hydrogen-bond acceptors (Lipinski definition) is 5. The number of urea groups is 1. The van der Waals surface area contributed by atoms with Gasteiger partial charge in [-0.05, 0) is 72.5 Å². The van der Waals surface area contributed by atoms with E-state index in [0.717, 1.165) is 32.8 Å². The first kappa shape index (κ1) is 28.0. The number of benzene rings is 4. The number of non-ortho nitro benzene ring substituents is 1. The molecule has 1 aromatic heterocycles. The molecule has 4 amide bonds. The van der Waals surface area contributed by atoms with E-state index in [1.165, 1.54) is 18.2 Å². The minimum atomic E-state index is -0.821. The number of anilines is 1. The van der Waals surface area contributed by atoms with Crippen LogP contribution in [0.4, 0.5) is 16.2 Å². The minimum absolute atomic E-state index is 0.0496. The number of carbonyl (C=O) groups excluding carboxylic acids is 3. The molecule has 1 fully saturated rings. The maximum absolute atomic E-state index is 13.9. The second-order valence-corrected chi connectivity index (χ2v) is 10.5. The fourth-order valence-corrected chi connectivity index (χ4v) is 5.47. The van der Waals surface area contributed by atoms with Gasteiger partial charge in [-0.25, -0.2) is 9.69 Å². The highest BCUT2D eigenvalue weighted by atomic mass is 16.6. The minimum Gasteiger partial charge on any atom is -0.309 e. The van der Waals surface area contributed by atoms with Crippen molar-refractivity contribution >= 4 is 35.3 Å². The molecule has 9 nitrogen and oxygen atoms in total. The van der Waals surface area contributed by atoms with Gasteiger partial charge in [0, 0.05) is 23.4 Å². The molecule has 0 atom stereocenters. The van der Waals surface area contributed by atoms with Crippen molar-refractivity contribution in [3.63, 3.8) is 0 Å². The van der Waals surface area contributed by atoms with Crippen molar-refractivity contribution in [1.29, 1.82) is 0 Å². The predicted molar refractivity (Wildman–Crippen MR) is 168 cm³/mol. The standard InChI is InChI=1S/C35H26N4O5/c1-22-17-23(2)19-29(18-22)38-34(41)30(33(40)36-35(38)42)20-26-21-31(24-9-5-3-6-10-24)37(32(26)25-11-7-4-8-12-25)27-13-15-28(16-14-27)39(43)44/h3-21H,1-2H3,(H,36,40,42). The summed E-state index contributed by atoms with van der Waals surface area (Å²) in [6.07, 6.45) is 1.50. The van der Waals surface area contributed by atoms with Crippen LogP contribution in [0.5, 0.6) is 0 Å². The molecule has 1 aliphatic heterocycles. The van der Waals surface area contributed by atoms with E-state index in [0.29, 0.717) is 22.6 Å². The van der Waals surface area contributed by atoms with Crippen molar-refractivity contribution in [3.05, 3.63) is 142 Å². The predicted octanol–water partition coefficient (Wildman–Crippen LogP) is 7.00. The molecule has 6 rings (SSSR count). The van der Waals surface area contributed by atoms with E-state index < -0.39 is 22.8 Å². The Kier molecular flexibility index (Phi) is 7.20. The Morgan fingerprint density at radius 1 is 0.727 bits per heavy atom. The van der Waals surface area contributed by atoms with E-state index in [1.807, 2.05) is 91.2 Å². The molecule has 5 aromatic rings. The fraction of sp³-hybridized carbons (Fsp3) is 0.0571. The van der Waals surface area contributed by atoms with Gasteiger partial charge in [0.2, 0.25) is 0 Å². The number of aromatic nitrogens is 1. The van der Waals surface area contributed by atoms with Gasteiger partial charge in [0.25, 0.3) is 17.5 Å². The normalized spacial score (nSPS) is 14.2. The summed E-state index contributed by atoms with van der Waals surface area (Å²) in [6, 6.07) is 31.6. The van der Waals surface area contributed by atoms with Gasteiger partial charge in [-0.3, -0.25) is 25.0 Å². The van der Waals surface area contributed by atoms with Crippen LogP contribution in [0.3, 0.4) is 0 Å². The van der Waals surface area contributed by atoms with Gasteiger partial charge in [0.05, 0.1) is 22.0 Å². The average molecular weight is 583 g/mol. The molecule has 0 aliphatic carbocycles. The monoisotopic (exact) mass is 582 g/mol. The van der Waals surface area contributed by atoms with E-state index in [9.17, 15) is 24.5 Å². The molecule has 1 aliphatic rings. The second kappa shape index (κ2) is 11.3. The fourth-order valence-electron chi connectivity index (χ4n) is 5.47. The number of aryl methyl sites for hydroxylation is 2. The van der Waals surface area contributed by atoms with E-state index in [4.69, 9.17) is 0 Å². The highest BCUT2D eigenvalue weighted by Crippen LogP contribution is 2.38. The Balaban J connectivity index is 1.59. The third-order valence-electron chi connectivity index (χ3n) is 7.33. The van der Waals surface area contributed by atoms with Crippen molar-refractivity contribution in [1.82, 2.24) is 9.88 Å². The molecule has 2 heterocycles. The largest absolute Gasteiger partial charge is 0.335 e. The number of nitro benzene ring substituents is 1. The summed E-state index contributed by atoms with van der Waals surface area (Å²) in [7, 11) is 0. The van der Waals surface area contributed by atoms with Crippen LogP contribution in [-0.2, 0) is 9.59 Å². The maximum atomic E-state index is 13.9. The highest BCUT2D eigenvalue weighted by molar-refractivity contribution is 6.39. The summed E-state index contributed by atoms with van der Waals surface area (Å²) < 4.78 is 1.94. The second-order valence-electron chi connectivity index (χ2n) is 10.5. The van der Waals surface area contributed by atoms with Crippen LogP contribution < -0.4 is 10.2 Å². The third-order valence-corrected chi connectivity index (χ3v) is 7.33. The molecule has 0 bridgehead atoms. The first-order valence-corrected chi connectivity index (χ1v) is 13.8. The van der Waals surface area contributed by atoms with Gasteiger partial charge in [0.15, 0.2) is 0 Å². The number of hydrogen-bond donors (Lipinski definition) is 1. The molecule has 44 heavy (non-hydrogen) atoms. The van der Waals surface area contributed by atoms with Gasteiger partial charge < -0.3 is 4.57 Å². The number of nitro groups is 1. The zero-order chi connectivity index (χ0) is 31.0. The summed E-state index contributed by atoms with van der Waals surface area (Å²) in [4.78, 5) is 51.9. The number of amides is 4. The van der Waals surface area contributed by atoms with Crippen LogP contribution in [0.2, 0.25) is 0 Å². The third kappa shape index (κ3) is 5.18. The molecule has 0 saturated carbocycles. The van der Waals surface area contributed by atoms with Crippen LogP contribution >= 0.6 is 0 Å². The lowest BCUT2D eigenvalue weighted by Gasteiger charge is -2.27. The first-order valence-electron chi connectivity index (χ1n) is 13.8. The summed E-state index contributed by atoms with van der Waals surface area (Å²) in [5, 5.41) is 13.7. The topological polar surface area (TPSA) is 115 Å². The molecule has 0 radical (unpaired) electrons. The molecular weight excluding hydrogens is 556 g/mol. The molecule has 9 heteroatoms. The van der Waals surface area contributed by atoms with Crippen LogP contribution in [0.15, 0.2) is 115 Å². The van der Waals surface area contributed by atoms with Gasteiger partial charge in [-0.1, -0.05) is 66.7 Å². The van der Waals surface area contributed by atoms with E-state index in [1.54, 1.807) is 24.3 Å². The lowest BCUT2D eigenvalue weighted by Crippen LogP contribution is -2.54. The number of nitrogens with zero attached hydrogens (tertiary/aromatic N) is 3. The Morgan fingerprint density at radius 3 is 1.91 bits per heavy atom. The molecule has 1 N–H and O–H groups in total. The summed E-state index contributed by atoms with van der Waals surface area (Å²) in [5.41, 5.74) is 6.03. The van der Waals surface area contributed by atoms with Crippen molar-refractivity contribution < 1.29 is 19.3 Å². The molecular formula is C35H26N4O5. The Labute approximate surface area is 252 Å². The summed E-state index contributed by atoms with van der Waals surface area (Å²) in [6.45, 7) is 3.73. The quantitative estimate of drug-likeness (QED) is 0.100. The highest BCUT2D eigenvalue weighted by Gasteiger charge is 2.37. The van der Waals surface area contributed by atoms with Crippen LogP contribution in [0.25, 0.3) is 34.3 Å². The Bertz CT molecular complexity index is 1960. The molecule has 0 unspecified atom stereocenters. The zero-order valence-electron chi connectivity index (χ0n) is 23.9. The van der Waals surface area contributed by atoms with Crippen molar-refractivity contribution in [3.8, 4) is 28.2 Å². The number of barbiturate groups is 1. The lowest BCUT2D eigenvalue weighted by molar-refractivity contribution is -0.384. The maximum Gasteiger partial charge on any atom is 0.335 e. The van der Waals surface area contributed by atoms with Crippen LogP contribution in [0.1, 0.15) is 16.7 Å². The number of rotatable bonds is 6. The van der Waals surface area contributed by atoms with Gasteiger partial charge in [-0.2, -0.15) is 0 Å². The van der Waals surface area contributed by atoms with Crippen molar-refractivity contribution in [2.45, 2.75) is 13.8 Å². The van der Waals surface area contributed by atoms with Crippen LogP contribution in [0, 0.1) is 24.0 Å². The van der Waals surface area contributed by atoms with Crippen molar-refractivity contribution in [2.75, 3.05) is 4.90 Å². The average Bonchev–Trinajstić information content (AvgIpc) is 3.39. The molecule has 216 valence electrons. The van der Waals surface area contributed by atoms with Gasteiger partial charge in [0.1, 0.15) is 5.57 Å². The first-order chi connectivity index (χ1) is 21.2. The van der Waals surface area contributed by atoms with E-state index in [2.05, 4.69) is 5.32 Å². The van der Waals surface area contributed by atoms with Gasteiger partial charge >= 0.3 is 6.03 Å². The Morgan fingerprint density at radius 2 is 1.32 bits per heavy atom. The molecule has 4 aromatic carbocycles. The van der Waals surface area contributed by atoms with Crippen molar-refractivity contribution in [2.24, 2.45) is 0 Å². The number of imide groups is 2. The smallest absolute Gasteiger partial charge is 0.309 e. The SMILES string of the molecule is Cc1cc(C)cc(N2C(=O)NC(=O)C(=Cc3cc(-c4ccccc4)n(-c4ccc([N+](=O)[O-])cc4)c3-c3ccccc3)C2=O)c1. The van der Waals surface area contributed by atoms with Gasteiger partial charge in [-0.15, -0.1) is 0 Å². The number of nitrogens with one attached hydrogen (secondary N) is 1. The zero-order valence-corrected chi connectivity index (χ0v) is 23.9. The summed E-state index contributed by atoms with van der Waals surface area (Å²) in [5.74, 6) is -1.55. The molecule has 1 saturated heterocycles. The number of carbonyl (C=O) groups is 3. The van der Waals surface area contributed by atoms with Crippen LogP contribution in [-0.4, -0.2) is 27.3 Å². The Hall–Kier alpha value is -6.09. The van der Waals surface area contributed by atoms with E-state index in [-0.39, 0.29) is 11.3 Å². The summed E-state index contributed by atoms with van der Waals surface area (Å²) >= 11 is 0. The molecule has 0 spiro atoms. The van der Waals surface area contributed by atoms with E-state index >= 15 is 0 Å². The lowest BCUT2D eigenvalue weighted by atomic mass is 10.0.